The summed E-state index contributed by atoms with van der Waals surface area (Å²) >= 11 is 0. The third-order valence-corrected chi connectivity index (χ3v) is 10.6. The number of hydrogen-bond acceptors (Lipinski definition) is 3. The van der Waals surface area contributed by atoms with Crippen LogP contribution < -0.4 is 4.90 Å². The maximum Gasteiger partial charge on any atom is 0.136 e. The minimum atomic E-state index is 0.874. The van der Waals surface area contributed by atoms with Crippen molar-refractivity contribution in [3.05, 3.63) is 188 Å². The number of fused-ring (bicyclic) bond motifs is 9. The molecule has 0 saturated carbocycles. The molecule has 0 atom stereocenters. The Balaban J connectivity index is 1.19. The molecule has 0 fully saturated rings. The third kappa shape index (κ3) is 4.90. The predicted octanol–water partition coefficient (Wildman–Crippen LogP) is 14.6. The van der Waals surface area contributed by atoms with Crippen LogP contribution in [0.25, 0.3) is 87.7 Å². The molecule has 0 saturated heterocycles. The van der Waals surface area contributed by atoms with Crippen molar-refractivity contribution in [3.63, 3.8) is 0 Å². The summed E-state index contributed by atoms with van der Waals surface area (Å²) in [6.45, 7) is 0. The minimum absolute atomic E-state index is 0.874. The quantitative estimate of drug-likeness (QED) is 0.170. The van der Waals surface area contributed by atoms with Gasteiger partial charge in [-0.25, -0.2) is 0 Å². The Bertz CT molecular complexity index is 3120. The van der Waals surface area contributed by atoms with Gasteiger partial charge in [0, 0.05) is 38.6 Å². The lowest BCUT2D eigenvalue weighted by atomic mass is 9.96. The molecule has 248 valence electrons. The number of benzene rings is 9. The predicted molar refractivity (Wildman–Crippen MR) is 222 cm³/mol. The van der Waals surface area contributed by atoms with Crippen molar-refractivity contribution in [2.45, 2.75) is 0 Å². The van der Waals surface area contributed by atoms with Crippen LogP contribution in [0.4, 0.5) is 17.1 Å². The Labute approximate surface area is 305 Å². The van der Waals surface area contributed by atoms with E-state index >= 15 is 0 Å². The Kier molecular flexibility index (Phi) is 6.55. The Hall–Kier alpha value is -7.10. The van der Waals surface area contributed by atoms with Crippen molar-refractivity contribution in [2.24, 2.45) is 0 Å². The Morgan fingerprint density at radius 2 is 0.755 bits per heavy atom. The first-order valence-electron chi connectivity index (χ1n) is 18.0. The lowest BCUT2D eigenvalue weighted by molar-refractivity contribution is 0.668. The highest BCUT2D eigenvalue weighted by molar-refractivity contribution is 6.17. The van der Waals surface area contributed by atoms with Gasteiger partial charge >= 0.3 is 0 Å². The van der Waals surface area contributed by atoms with E-state index in [9.17, 15) is 0 Å². The molecule has 0 radical (unpaired) electrons. The van der Waals surface area contributed by atoms with E-state index in [1.54, 1.807) is 0 Å². The molecule has 0 spiro atoms. The van der Waals surface area contributed by atoms with Crippen molar-refractivity contribution >= 4 is 82.5 Å². The molecule has 11 aromatic rings. The summed E-state index contributed by atoms with van der Waals surface area (Å²) in [7, 11) is 0. The van der Waals surface area contributed by atoms with Gasteiger partial charge in [0.15, 0.2) is 0 Å². The van der Waals surface area contributed by atoms with Crippen LogP contribution in [-0.2, 0) is 0 Å². The van der Waals surface area contributed by atoms with Crippen molar-refractivity contribution < 1.29 is 8.83 Å². The minimum Gasteiger partial charge on any atom is -0.456 e. The second-order valence-corrected chi connectivity index (χ2v) is 13.8. The maximum absolute atomic E-state index is 6.29. The van der Waals surface area contributed by atoms with E-state index in [0.717, 1.165) is 77.5 Å². The zero-order valence-corrected chi connectivity index (χ0v) is 28.7. The molecule has 2 heterocycles. The first kappa shape index (κ1) is 29.6. The van der Waals surface area contributed by atoms with Crippen molar-refractivity contribution in [2.75, 3.05) is 4.90 Å². The molecule has 0 unspecified atom stereocenters. The summed E-state index contributed by atoms with van der Waals surface area (Å²) < 4.78 is 12.6. The lowest BCUT2D eigenvalue weighted by Crippen LogP contribution is -2.10. The van der Waals surface area contributed by atoms with Gasteiger partial charge in [0.2, 0.25) is 0 Å². The molecular formula is C50H31NO2. The van der Waals surface area contributed by atoms with Gasteiger partial charge in [-0.15, -0.1) is 0 Å². The van der Waals surface area contributed by atoms with Gasteiger partial charge in [-0.3, -0.25) is 0 Å². The molecule has 0 aliphatic carbocycles. The second kappa shape index (κ2) is 11.7. The molecule has 0 N–H and O–H groups in total. The number of hydrogen-bond donors (Lipinski definition) is 0. The summed E-state index contributed by atoms with van der Waals surface area (Å²) in [5.74, 6) is 0. The smallest absolute Gasteiger partial charge is 0.136 e. The highest BCUT2D eigenvalue weighted by Gasteiger charge is 2.19. The molecule has 3 heteroatoms. The molecule has 53 heavy (non-hydrogen) atoms. The zero-order valence-electron chi connectivity index (χ0n) is 28.7. The average Bonchev–Trinajstić information content (AvgIpc) is 3.78. The second-order valence-electron chi connectivity index (χ2n) is 13.8. The molecule has 9 aromatic carbocycles. The van der Waals surface area contributed by atoms with Crippen molar-refractivity contribution in [1.29, 1.82) is 0 Å². The third-order valence-electron chi connectivity index (χ3n) is 10.6. The molecule has 3 nitrogen and oxygen atoms in total. The molecule has 0 amide bonds. The number of para-hydroxylation sites is 2. The van der Waals surface area contributed by atoms with Gasteiger partial charge in [-0.1, -0.05) is 115 Å². The normalized spacial score (nSPS) is 11.8. The van der Waals surface area contributed by atoms with Crippen LogP contribution in [0.3, 0.4) is 0 Å². The van der Waals surface area contributed by atoms with Gasteiger partial charge in [-0.2, -0.15) is 0 Å². The lowest BCUT2D eigenvalue weighted by Gasteiger charge is -2.27. The molecule has 0 aliphatic rings. The largest absolute Gasteiger partial charge is 0.456 e. The van der Waals surface area contributed by atoms with Gasteiger partial charge < -0.3 is 13.7 Å². The monoisotopic (exact) mass is 677 g/mol. The fourth-order valence-corrected chi connectivity index (χ4v) is 8.03. The van der Waals surface area contributed by atoms with Gasteiger partial charge in [0.1, 0.15) is 22.3 Å². The van der Waals surface area contributed by atoms with E-state index < -0.39 is 0 Å². The zero-order chi connectivity index (χ0) is 34.9. The van der Waals surface area contributed by atoms with Crippen LogP contribution in [-0.4, -0.2) is 0 Å². The van der Waals surface area contributed by atoms with E-state index in [0.29, 0.717) is 0 Å². The van der Waals surface area contributed by atoms with Gasteiger partial charge in [0.05, 0.1) is 0 Å². The standard InChI is InChI=1S/C50H31NO2/c1-3-11-32(12-4-1)36-25-37(33-13-5-2-6-14-33)27-40(26-36)51(39-23-24-49-45(30-39)41-15-7-9-17-47(41)52-49)38-22-21-34-19-20-35-28-50-46(31-44(35)43(34)29-38)42-16-8-10-18-48(42)53-50/h1-31H. The first-order valence-corrected chi connectivity index (χ1v) is 18.0. The van der Waals surface area contributed by atoms with Crippen LogP contribution in [0, 0.1) is 0 Å². The van der Waals surface area contributed by atoms with Crippen LogP contribution in [0.15, 0.2) is 197 Å². The SMILES string of the molecule is c1ccc(-c2cc(-c3ccccc3)cc(N(c3ccc4ccc5cc6oc7ccccc7c6cc5c4c3)c3ccc4oc5ccccc5c4c3)c2)cc1. The number of nitrogens with zero attached hydrogens (tertiary/aromatic N) is 1. The fraction of sp³-hybridized carbons (Fsp3) is 0. The van der Waals surface area contributed by atoms with Crippen LogP contribution in [0.5, 0.6) is 0 Å². The van der Waals surface area contributed by atoms with Crippen molar-refractivity contribution in [1.82, 2.24) is 0 Å². The van der Waals surface area contributed by atoms with Crippen LogP contribution in [0.1, 0.15) is 0 Å². The molecule has 0 bridgehead atoms. The fourth-order valence-electron chi connectivity index (χ4n) is 8.03. The highest BCUT2D eigenvalue weighted by atomic mass is 16.3. The number of rotatable bonds is 5. The summed E-state index contributed by atoms with van der Waals surface area (Å²) in [6.07, 6.45) is 0. The molecular weight excluding hydrogens is 647 g/mol. The molecule has 11 rings (SSSR count). The topological polar surface area (TPSA) is 29.5 Å². The van der Waals surface area contributed by atoms with Crippen molar-refractivity contribution in [3.8, 4) is 22.3 Å². The first-order chi connectivity index (χ1) is 26.2. The number of anilines is 3. The average molecular weight is 678 g/mol. The van der Waals surface area contributed by atoms with E-state index in [2.05, 4.69) is 169 Å². The maximum atomic E-state index is 6.29. The Morgan fingerprint density at radius 1 is 0.264 bits per heavy atom. The summed E-state index contributed by atoms with van der Waals surface area (Å²) in [4.78, 5) is 2.39. The van der Waals surface area contributed by atoms with E-state index in [4.69, 9.17) is 8.83 Å². The molecule has 2 aromatic heterocycles. The van der Waals surface area contributed by atoms with Crippen LogP contribution in [0.2, 0.25) is 0 Å². The molecule has 0 aliphatic heterocycles. The van der Waals surface area contributed by atoms with Gasteiger partial charge in [-0.05, 0) is 117 Å². The van der Waals surface area contributed by atoms with Crippen LogP contribution >= 0.6 is 0 Å². The van der Waals surface area contributed by atoms with Gasteiger partial charge in [0.25, 0.3) is 0 Å². The number of furan rings is 2. The summed E-state index contributed by atoms with van der Waals surface area (Å²) in [5.41, 5.74) is 11.4. The van der Waals surface area contributed by atoms with E-state index in [1.165, 1.54) is 27.3 Å². The van der Waals surface area contributed by atoms with E-state index in [1.807, 2.05) is 24.3 Å². The Morgan fingerprint density at radius 3 is 1.43 bits per heavy atom. The van der Waals surface area contributed by atoms with E-state index in [-0.39, 0.29) is 0 Å². The summed E-state index contributed by atoms with van der Waals surface area (Å²) in [5, 5.41) is 9.18. The summed E-state index contributed by atoms with van der Waals surface area (Å²) in [6, 6.07) is 67.1. The highest BCUT2D eigenvalue weighted by Crippen LogP contribution is 2.44.